The van der Waals surface area contributed by atoms with E-state index < -0.39 is 8.32 Å². The maximum atomic E-state index is 12.1. The molecule has 4 unspecified atom stereocenters. The Morgan fingerprint density at radius 2 is 1.64 bits per heavy atom. The Bertz CT molecular complexity index is 802. The molecule has 0 heterocycles. The number of aliphatic hydroxyl groups excluding tert-OH is 2. The van der Waals surface area contributed by atoms with Gasteiger partial charge in [0.15, 0.2) is 8.32 Å². The highest BCUT2D eigenvalue weighted by Crippen LogP contribution is 2.69. The summed E-state index contributed by atoms with van der Waals surface area (Å²) in [5.74, 6) is 3.87. The van der Waals surface area contributed by atoms with E-state index in [0.29, 0.717) is 58.4 Å². The van der Waals surface area contributed by atoms with Gasteiger partial charge in [-0.15, -0.1) is 0 Å². The largest absolute Gasteiger partial charge is 0.414 e. The van der Waals surface area contributed by atoms with Crippen molar-refractivity contribution in [3.05, 3.63) is 12.2 Å². The van der Waals surface area contributed by atoms with Crippen LogP contribution in [0.15, 0.2) is 12.2 Å². The number of hydrogen-bond acceptors (Lipinski definition) is 3. The summed E-state index contributed by atoms with van der Waals surface area (Å²) < 4.78 is 6.99. The molecule has 4 fully saturated rings. The van der Waals surface area contributed by atoms with Crippen molar-refractivity contribution in [2.75, 3.05) is 6.61 Å². The molecule has 0 amide bonds. The molecule has 0 aromatic carbocycles. The Balaban J connectivity index is 1.59. The molecule has 0 bridgehead atoms. The molecule has 4 aliphatic rings. The number of hydrogen-bond donors (Lipinski definition) is 2. The molecule has 0 aliphatic heterocycles. The summed E-state index contributed by atoms with van der Waals surface area (Å²) >= 11 is 0. The fraction of sp³-hybridized carbons (Fsp3) is 0.938. The van der Waals surface area contributed by atoms with E-state index in [0.717, 1.165) is 12.8 Å². The minimum absolute atomic E-state index is 0.138. The van der Waals surface area contributed by atoms with Gasteiger partial charge in [-0.05, 0) is 115 Å². The Kier molecular flexibility index (Phi) is 8.09. The summed E-state index contributed by atoms with van der Waals surface area (Å²) in [5.41, 5.74) is 0.644. The third kappa shape index (κ3) is 4.62. The molecule has 0 spiro atoms. The predicted octanol–water partition coefficient (Wildman–Crippen LogP) is 7.83. The van der Waals surface area contributed by atoms with Gasteiger partial charge in [0.05, 0.1) is 12.7 Å². The van der Waals surface area contributed by atoms with E-state index in [9.17, 15) is 10.2 Å². The predicted molar refractivity (Wildman–Crippen MR) is 153 cm³/mol. The molecule has 4 aliphatic carbocycles. The van der Waals surface area contributed by atoms with E-state index in [1.807, 2.05) is 6.08 Å². The highest BCUT2D eigenvalue weighted by molar-refractivity contribution is 6.74. The van der Waals surface area contributed by atoms with Crippen molar-refractivity contribution >= 4 is 8.32 Å². The number of rotatable bonds is 6. The summed E-state index contributed by atoms with van der Waals surface area (Å²) in [6, 6.07) is 0. The first kappa shape index (κ1) is 28.8. The van der Waals surface area contributed by atoms with Crippen molar-refractivity contribution in [2.24, 2.45) is 52.3 Å². The fourth-order valence-corrected chi connectivity index (χ4v) is 11.4. The standard InChI is InChI=1S/C32H58O3Si/c1-10-23-27-20-22(35-36(8,9)30(3,4)5)15-17-32(27,7)26-16-18-31(6)24(21(2)12-11-19-33)13-14-25(31)28(26)29(23)34/h11-12,21-29,33-34H,10,13-20H2,1-9H3/b12-11+/t21-,22?,23-,24-,25?,26?,27+,28?,29-,31-,32-/m1/s1. The molecule has 0 aromatic rings. The quantitative estimate of drug-likeness (QED) is 0.278. The normalized spacial score (nSPS) is 46.3. The lowest BCUT2D eigenvalue weighted by molar-refractivity contribution is -0.202. The van der Waals surface area contributed by atoms with Gasteiger partial charge >= 0.3 is 0 Å². The van der Waals surface area contributed by atoms with E-state index >= 15 is 0 Å². The van der Waals surface area contributed by atoms with Gasteiger partial charge < -0.3 is 14.6 Å². The smallest absolute Gasteiger partial charge is 0.192 e. The first-order chi connectivity index (χ1) is 16.7. The lowest BCUT2D eigenvalue weighted by atomic mass is 9.41. The van der Waals surface area contributed by atoms with Crippen molar-refractivity contribution in [2.45, 2.75) is 130 Å². The van der Waals surface area contributed by atoms with Crippen LogP contribution in [0.25, 0.3) is 0 Å². The Morgan fingerprint density at radius 1 is 1.00 bits per heavy atom. The van der Waals surface area contributed by atoms with Gasteiger partial charge in [0.1, 0.15) is 0 Å². The minimum atomic E-state index is -1.80. The molecule has 4 rings (SSSR count). The monoisotopic (exact) mass is 518 g/mol. The van der Waals surface area contributed by atoms with Gasteiger partial charge in [-0.3, -0.25) is 0 Å². The van der Waals surface area contributed by atoms with Crippen LogP contribution in [0.3, 0.4) is 0 Å². The minimum Gasteiger partial charge on any atom is -0.414 e. The number of allylic oxidation sites excluding steroid dienone is 1. The molecule has 36 heavy (non-hydrogen) atoms. The highest BCUT2D eigenvalue weighted by Gasteiger charge is 2.65. The molecule has 0 aromatic heterocycles. The second-order valence-corrected chi connectivity index (χ2v) is 20.2. The van der Waals surface area contributed by atoms with E-state index in [1.54, 1.807) is 0 Å². The van der Waals surface area contributed by atoms with Crippen molar-refractivity contribution in [1.29, 1.82) is 0 Å². The van der Waals surface area contributed by atoms with Crippen LogP contribution in [-0.2, 0) is 4.43 Å². The molecule has 3 nitrogen and oxygen atoms in total. The summed E-state index contributed by atoms with van der Waals surface area (Å²) in [6.07, 6.45) is 14.2. The zero-order valence-corrected chi connectivity index (χ0v) is 26.0. The van der Waals surface area contributed by atoms with Crippen molar-refractivity contribution in [3.8, 4) is 0 Å². The highest BCUT2D eigenvalue weighted by atomic mass is 28.4. The molecule has 0 saturated heterocycles. The zero-order valence-electron chi connectivity index (χ0n) is 25.0. The second kappa shape index (κ2) is 10.1. The van der Waals surface area contributed by atoms with Crippen LogP contribution < -0.4 is 0 Å². The maximum Gasteiger partial charge on any atom is 0.192 e. The Hall–Kier alpha value is -0.163. The van der Waals surface area contributed by atoms with E-state index in [2.05, 4.69) is 67.6 Å². The molecule has 0 radical (unpaired) electrons. The van der Waals surface area contributed by atoms with Crippen molar-refractivity contribution in [1.82, 2.24) is 0 Å². The van der Waals surface area contributed by atoms with Crippen molar-refractivity contribution in [3.63, 3.8) is 0 Å². The second-order valence-electron chi connectivity index (χ2n) is 15.4. The maximum absolute atomic E-state index is 12.1. The summed E-state index contributed by atoms with van der Waals surface area (Å²) in [5, 5.41) is 21.7. The summed E-state index contributed by atoms with van der Waals surface area (Å²) in [6.45, 7) is 21.8. The van der Waals surface area contributed by atoms with Gasteiger partial charge in [-0.25, -0.2) is 0 Å². The van der Waals surface area contributed by atoms with E-state index in [1.165, 1.54) is 38.5 Å². The third-order valence-corrected chi connectivity index (χ3v) is 17.4. The first-order valence-corrected chi connectivity index (χ1v) is 18.3. The fourth-order valence-electron chi connectivity index (χ4n) is 9.96. The van der Waals surface area contributed by atoms with Gasteiger partial charge in [-0.1, -0.05) is 67.0 Å². The van der Waals surface area contributed by atoms with Crippen LogP contribution >= 0.6 is 0 Å². The third-order valence-electron chi connectivity index (χ3n) is 12.9. The average molecular weight is 519 g/mol. The molecule has 4 heteroatoms. The lowest BCUT2D eigenvalue weighted by Crippen LogP contribution is -2.62. The zero-order chi connectivity index (χ0) is 26.7. The van der Waals surface area contributed by atoms with Crippen LogP contribution in [0.1, 0.15) is 99.8 Å². The van der Waals surface area contributed by atoms with Crippen molar-refractivity contribution < 1.29 is 14.6 Å². The average Bonchev–Trinajstić information content (AvgIpc) is 3.15. The molecular weight excluding hydrogens is 460 g/mol. The topological polar surface area (TPSA) is 49.7 Å². The van der Waals surface area contributed by atoms with Gasteiger partial charge in [-0.2, -0.15) is 0 Å². The molecule has 4 saturated carbocycles. The summed E-state index contributed by atoms with van der Waals surface area (Å²) in [7, 11) is -1.80. The van der Waals surface area contributed by atoms with E-state index in [-0.39, 0.29) is 17.7 Å². The van der Waals surface area contributed by atoms with Gasteiger partial charge in [0.25, 0.3) is 0 Å². The molecule has 2 N–H and O–H groups in total. The van der Waals surface area contributed by atoms with E-state index in [4.69, 9.17) is 4.43 Å². The summed E-state index contributed by atoms with van der Waals surface area (Å²) in [4.78, 5) is 0. The Labute approximate surface area is 224 Å². The number of aliphatic hydroxyl groups is 2. The van der Waals surface area contributed by atoms with Gasteiger partial charge in [0.2, 0.25) is 0 Å². The first-order valence-electron chi connectivity index (χ1n) is 15.3. The molecule has 208 valence electrons. The Morgan fingerprint density at radius 3 is 2.25 bits per heavy atom. The van der Waals surface area contributed by atoms with Gasteiger partial charge in [0, 0.05) is 6.10 Å². The van der Waals surface area contributed by atoms with Crippen LogP contribution in [0.5, 0.6) is 0 Å². The van der Waals surface area contributed by atoms with Crippen LogP contribution in [-0.4, -0.2) is 37.3 Å². The SMILES string of the molecule is CC[C@H]1[C@@H](O)C2C3CC[C@H]([C@H](C)/C=C/CO)[C@@]3(C)CCC2[C@@]2(C)CCC(O[Si](C)(C)C(C)(C)C)C[C@@H]12. The molecular formula is C32H58O3Si. The van der Waals surface area contributed by atoms with Crippen LogP contribution in [0, 0.1) is 52.3 Å². The van der Waals surface area contributed by atoms with Crippen LogP contribution in [0.4, 0.5) is 0 Å². The van der Waals surface area contributed by atoms with Crippen LogP contribution in [0.2, 0.25) is 18.1 Å². The molecule has 11 atom stereocenters. The number of fused-ring (bicyclic) bond motifs is 5. The lowest BCUT2D eigenvalue weighted by Gasteiger charge is -2.65.